The number of fused-ring (bicyclic) bond motifs is 2. The van der Waals surface area contributed by atoms with E-state index in [1.54, 1.807) is 0 Å². The molecule has 1 aromatic heterocycles. The Balaban J connectivity index is 0.000000157. The summed E-state index contributed by atoms with van der Waals surface area (Å²) < 4.78 is 0. The minimum Gasteiger partial charge on any atom is -0.504 e. The third-order valence-corrected chi connectivity index (χ3v) is 5.27. The van der Waals surface area contributed by atoms with E-state index in [0.717, 1.165) is 16.9 Å². The molecule has 2 heterocycles. The first-order chi connectivity index (χ1) is 12.6. The molecule has 5 nitrogen and oxygen atoms in total. The van der Waals surface area contributed by atoms with Crippen LogP contribution >= 0.6 is 0 Å². The number of nitrogen functional groups attached to an aromatic ring is 1. The van der Waals surface area contributed by atoms with Gasteiger partial charge in [0.05, 0.1) is 16.7 Å². The van der Waals surface area contributed by atoms with Gasteiger partial charge in [-0.15, -0.1) is 0 Å². The number of anilines is 1. The van der Waals surface area contributed by atoms with Crippen LogP contribution in [0, 0.1) is 0 Å². The maximum absolute atomic E-state index is 9.48. The molecule has 1 aliphatic carbocycles. The lowest BCUT2D eigenvalue weighted by atomic mass is 10.1. The van der Waals surface area contributed by atoms with Crippen LogP contribution in [-0.2, 0) is 0 Å². The molecule has 5 rings (SSSR count). The van der Waals surface area contributed by atoms with Gasteiger partial charge in [-0.3, -0.25) is 0 Å². The van der Waals surface area contributed by atoms with Crippen LogP contribution in [-0.4, -0.2) is 39.2 Å². The second-order valence-corrected chi connectivity index (χ2v) is 7.23. The van der Waals surface area contributed by atoms with Crippen molar-refractivity contribution < 1.29 is 10.2 Å². The van der Waals surface area contributed by atoms with E-state index in [4.69, 9.17) is 5.73 Å². The third kappa shape index (κ3) is 3.40. The van der Waals surface area contributed by atoms with Crippen molar-refractivity contribution in [2.24, 2.45) is 0 Å². The normalized spacial score (nSPS) is 17.8. The summed E-state index contributed by atoms with van der Waals surface area (Å²) in [7, 11) is 0. The maximum atomic E-state index is 9.48. The average molecular weight is 351 g/mol. The molecule has 1 saturated carbocycles. The number of pyridine rings is 1. The van der Waals surface area contributed by atoms with Crippen LogP contribution in [0.1, 0.15) is 32.1 Å². The zero-order valence-corrected chi connectivity index (χ0v) is 14.9. The molecular formula is C21H25N3O2. The fraction of sp³-hybridized carbons (Fsp3) is 0.381. The molecule has 0 unspecified atom stereocenters. The number of aromatic nitrogens is 1. The van der Waals surface area contributed by atoms with E-state index in [1.807, 2.05) is 24.3 Å². The Kier molecular flexibility index (Phi) is 4.55. The Morgan fingerprint density at radius 3 is 2.31 bits per heavy atom. The van der Waals surface area contributed by atoms with Crippen molar-refractivity contribution in [2.45, 2.75) is 38.1 Å². The number of nitrogens with zero attached hydrogens (tertiary/aromatic N) is 2. The molecule has 2 fully saturated rings. The summed E-state index contributed by atoms with van der Waals surface area (Å²) in [5.74, 6) is -0.388. The van der Waals surface area contributed by atoms with Gasteiger partial charge in [0.15, 0.2) is 11.5 Å². The summed E-state index contributed by atoms with van der Waals surface area (Å²) >= 11 is 0. The molecule has 3 aromatic rings. The lowest BCUT2D eigenvalue weighted by Crippen LogP contribution is -2.31. The molecular weight excluding hydrogens is 326 g/mol. The molecule has 5 heteroatoms. The number of hydrogen-bond donors (Lipinski definition) is 3. The Hall–Kier alpha value is -2.53. The van der Waals surface area contributed by atoms with Crippen LogP contribution < -0.4 is 5.73 Å². The zero-order chi connectivity index (χ0) is 18.1. The Morgan fingerprint density at radius 1 is 0.885 bits per heavy atom. The molecule has 4 N–H and O–H groups in total. The number of rotatable bonds is 1. The highest BCUT2D eigenvalue weighted by Gasteiger charge is 2.29. The summed E-state index contributed by atoms with van der Waals surface area (Å²) in [5.41, 5.74) is 7.93. The van der Waals surface area contributed by atoms with Gasteiger partial charge >= 0.3 is 0 Å². The SMILES string of the molecule is C1CCN(C2CC2)CC1.Nc1c2ccccc2nc2cc(O)c(O)cc12. The number of likely N-dealkylation sites (tertiary alicyclic amines) is 1. The van der Waals surface area contributed by atoms with Crippen LogP contribution in [0.25, 0.3) is 21.8 Å². The number of nitrogens with two attached hydrogens (primary N) is 1. The van der Waals surface area contributed by atoms with E-state index >= 15 is 0 Å². The van der Waals surface area contributed by atoms with Gasteiger partial charge in [0.1, 0.15) is 0 Å². The van der Waals surface area contributed by atoms with Crippen LogP contribution in [0.4, 0.5) is 5.69 Å². The molecule has 0 amide bonds. The van der Waals surface area contributed by atoms with Gasteiger partial charge < -0.3 is 20.8 Å². The highest BCUT2D eigenvalue weighted by atomic mass is 16.3. The number of benzene rings is 2. The molecule has 26 heavy (non-hydrogen) atoms. The lowest BCUT2D eigenvalue weighted by molar-refractivity contribution is 0.219. The number of piperidine rings is 1. The Labute approximate surface area is 153 Å². The molecule has 0 spiro atoms. The summed E-state index contributed by atoms with van der Waals surface area (Å²) in [6, 6.07) is 11.3. The summed E-state index contributed by atoms with van der Waals surface area (Å²) in [4.78, 5) is 7.06. The predicted octanol–water partition coefficient (Wildman–Crippen LogP) is 4.02. The minimum atomic E-state index is -0.195. The van der Waals surface area contributed by atoms with Gasteiger partial charge in [-0.25, -0.2) is 4.98 Å². The van der Waals surface area contributed by atoms with Gasteiger partial charge in [0, 0.05) is 22.9 Å². The van der Waals surface area contributed by atoms with Crippen molar-refractivity contribution >= 4 is 27.5 Å². The van der Waals surface area contributed by atoms with Crippen molar-refractivity contribution in [3.63, 3.8) is 0 Å². The fourth-order valence-electron chi connectivity index (χ4n) is 3.67. The number of aromatic hydroxyl groups is 2. The quantitative estimate of drug-likeness (QED) is 0.456. The van der Waals surface area contributed by atoms with Gasteiger partial charge in [0.2, 0.25) is 0 Å². The van der Waals surface area contributed by atoms with Crippen molar-refractivity contribution in [3.8, 4) is 11.5 Å². The van der Waals surface area contributed by atoms with Crippen molar-refractivity contribution in [1.29, 1.82) is 0 Å². The summed E-state index contributed by atoms with van der Waals surface area (Å²) in [6.07, 6.45) is 7.36. The van der Waals surface area contributed by atoms with Gasteiger partial charge in [-0.1, -0.05) is 24.6 Å². The van der Waals surface area contributed by atoms with Gasteiger partial charge in [-0.05, 0) is 50.9 Å². The molecule has 2 aromatic carbocycles. The minimum absolute atomic E-state index is 0.193. The molecule has 1 aliphatic heterocycles. The predicted molar refractivity (Wildman–Crippen MR) is 105 cm³/mol. The van der Waals surface area contributed by atoms with Crippen LogP contribution in [0.5, 0.6) is 11.5 Å². The van der Waals surface area contributed by atoms with Crippen LogP contribution in [0.2, 0.25) is 0 Å². The van der Waals surface area contributed by atoms with Gasteiger partial charge in [0.25, 0.3) is 0 Å². The van der Waals surface area contributed by atoms with Crippen LogP contribution in [0.3, 0.4) is 0 Å². The molecule has 0 bridgehead atoms. The van der Waals surface area contributed by atoms with Crippen LogP contribution in [0.15, 0.2) is 36.4 Å². The molecule has 1 saturated heterocycles. The van der Waals surface area contributed by atoms with E-state index in [2.05, 4.69) is 9.88 Å². The first-order valence-corrected chi connectivity index (χ1v) is 9.37. The second kappa shape index (κ2) is 7.00. The second-order valence-electron chi connectivity index (χ2n) is 7.23. The van der Waals surface area contributed by atoms with Crippen molar-refractivity contribution in [2.75, 3.05) is 18.8 Å². The first-order valence-electron chi connectivity index (χ1n) is 9.37. The monoisotopic (exact) mass is 351 g/mol. The summed E-state index contributed by atoms with van der Waals surface area (Å²) in [6.45, 7) is 2.79. The highest BCUT2D eigenvalue weighted by Crippen LogP contribution is 2.35. The van der Waals surface area contributed by atoms with E-state index in [0.29, 0.717) is 16.6 Å². The van der Waals surface area contributed by atoms with Crippen molar-refractivity contribution in [3.05, 3.63) is 36.4 Å². The van der Waals surface area contributed by atoms with E-state index in [1.165, 1.54) is 57.3 Å². The Morgan fingerprint density at radius 2 is 1.58 bits per heavy atom. The molecule has 0 radical (unpaired) electrons. The topological polar surface area (TPSA) is 82.6 Å². The van der Waals surface area contributed by atoms with Crippen molar-refractivity contribution in [1.82, 2.24) is 9.88 Å². The average Bonchev–Trinajstić information content (AvgIpc) is 3.50. The molecule has 0 atom stereocenters. The smallest absolute Gasteiger partial charge is 0.159 e. The number of phenolic OH excluding ortho intramolecular Hbond substituents is 2. The fourth-order valence-corrected chi connectivity index (χ4v) is 3.67. The standard InChI is InChI=1S/C13H10N2O2.C8H15N/c14-13-7-3-1-2-4-9(7)15-10-6-12(17)11(16)5-8(10)13;1-2-6-9(7-3-1)8-4-5-8/h1-6,16-17H,(H2,14,15);8H,1-7H2. The first kappa shape index (κ1) is 16.9. The lowest BCUT2D eigenvalue weighted by Gasteiger charge is -2.25. The molecule has 136 valence electrons. The Bertz CT molecular complexity index is 931. The number of phenols is 2. The van der Waals surface area contributed by atoms with E-state index < -0.39 is 0 Å². The molecule has 2 aliphatic rings. The zero-order valence-electron chi connectivity index (χ0n) is 14.9. The number of para-hydroxylation sites is 1. The highest BCUT2D eigenvalue weighted by molar-refractivity contribution is 6.07. The van der Waals surface area contributed by atoms with E-state index in [9.17, 15) is 10.2 Å². The summed E-state index contributed by atoms with van der Waals surface area (Å²) in [5, 5.41) is 20.4. The number of hydrogen-bond acceptors (Lipinski definition) is 5. The van der Waals surface area contributed by atoms with E-state index in [-0.39, 0.29) is 11.5 Å². The largest absolute Gasteiger partial charge is 0.504 e. The maximum Gasteiger partial charge on any atom is 0.159 e. The van der Waals surface area contributed by atoms with Gasteiger partial charge in [-0.2, -0.15) is 0 Å². The third-order valence-electron chi connectivity index (χ3n) is 5.27.